The number of nitrogens with two attached hydrogens (primary N) is 1. The smallest absolute Gasteiger partial charge is 0.260 e. The van der Waals surface area contributed by atoms with Crippen LogP contribution in [0.2, 0.25) is 0 Å². The van der Waals surface area contributed by atoms with E-state index in [0.29, 0.717) is 17.1 Å². The Labute approximate surface area is 85.5 Å². The summed E-state index contributed by atoms with van der Waals surface area (Å²) in [5, 5.41) is 9.09. The Balaban J connectivity index is 2.16. The number of aromatic nitrogens is 2. The maximum Gasteiger partial charge on any atom is 0.260 e. The Hall–Kier alpha value is -2.24. The third kappa shape index (κ3) is 1.69. The summed E-state index contributed by atoms with van der Waals surface area (Å²) in [6.45, 7) is 1.77. The van der Waals surface area contributed by atoms with Crippen LogP contribution in [0.1, 0.15) is 16.1 Å². The summed E-state index contributed by atoms with van der Waals surface area (Å²) < 4.78 is 4.79. The van der Waals surface area contributed by atoms with Gasteiger partial charge >= 0.3 is 0 Å². The molecule has 0 unspecified atom stereocenters. The first kappa shape index (κ1) is 9.32. The molecule has 0 bridgehead atoms. The quantitative estimate of drug-likeness (QED) is 0.686. The number of nitrogens with zero attached hydrogens (tertiary/aromatic N) is 1. The Morgan fingerprint density at radius 1 is 1.67 bits per heavy atom. The lowest BCUT2D eigenvalue weighted by Crippen LogP contribution is -2.12. The van der Waals surface area contributed by atoms with Crippen LogP contribution in [-0.4, -0.2) is 16.1 Å². The third-order valence-corrected chi connectivity index (χ3v) is 2.01. The minimum absolute atomic E-state index is 0.304. The van der Waals surface area contributed by atoms with Crippen LogP contribution in [0, 0.1) is 6.92 Å². The molecule has 0 spiro atoms. The molecule has 0 fully saturated rings. The van der Waals surface area contributed by atoms with Crippen LogP contribution in [0.4, 0.5) is 11.5 Å². The summed E-state index contributed by atoms with van der Waals surface area (Å²) in [7, 11) is 0. The maximum atomic E-state index is 11.6. The van der Waals surface area contributed by atoms with Gasteiger partial charge in [-0.25, -0.2) is 0 Å². The van der Waals surface area contributed by atoms with Crippen molar-refractivity contribution >= 4 is 17.4 Å². The predicted octanol–water partition coefficient (Wildman–Crippen LogP) is 1.15. The van der Waals surface area contributed by atoms with Gasteiger partial charge in [-0.1, -0.05) is 0 Å². The predicted molar refractivity (Wildman–Crippen MR) is 54.4 cm³/mol. The second kappa shape index (κ2) is 3.49. The molecule has 15 heavy (non-hydrogen) atoms. The Bertz CT molecular complexity index is 472. The van der Waals surface area contributed by atoms with E-state index in [1.165, 1.54) is 12.5 Å². The molecule has 0 aliphatic rings. The van der Waals surface area contributed by atoms with E-state index in [0.717, 1.165) is 5.69 Å². The number of amides is 1. The van der Waals surface area contributed by atoms with E-state index in [4.69, 9.17) is 10.2 Å². The molecular formula is C9H10N4O2. The minimum atomic E-state index is -0.304. The highest BCUT2D eigenvalue weighted by Gasteiger charge is 2.12. The average Bonchev–Trinajstić information content (AvgIpc) is 2.83. The van der Waals surface area contributed by atoms with Crippen LogP contribution in [-0.2, 0) is 0 Å². The van der Waals surface area contributed by atoms with Crippen molar-refractivity contribution in [3.63, 3.8) is 0 Å². The molecule has 0 radical (unpaired) electrons. The highest BCUT2D eigenvalue weighted by Crippen LogP contribution is 2.18. The zero-order valence-electron chi connectivity index (χ0n) is 8.07. The molecule has 2 rings (SSSR count). The van der Waals surface area contributed by atoms with Crippen LogP contribution in [0.15, 0.2) is 23.0 Å². The zero-order chi connectivity index (χ0) is 10.8. The van der Waals surface area contributed by atoms with Crippen molar-refractivity contribution in [2.45, 2.75) is 6.92 Å². The number of furan rings is 1. The van der Waals surface area contributed by atoms with Crippen LogP contribution in [0.3, 0.4) is 0 Å². The van der Waals surface area contributed by atoms with Crippen molar-refractivity contribution in [2.24, 2.45) is 0 Å². The van der Waals surface area contributed by atoms with Gasteiger partial charge in [0.05, 0.1) is 23.2 Å². The number of aromatic amines is 1. The number of hydrogen-bond acceptors (Lipinski definition) is 4. The number of H-pyrrole nitrogens is 1. The second-order valence-electron chi connectivity index (χ2n) is 3.08. The zero-order valence-corrected chi connectivity index (χ0v) is 8.07. The summed E-state index contributed by atoms with van der Waals surface area (Å²) in [6, 6.07) is 1.56. The molecule has 6 nitrogen and oxygen atoms in total. The van der Waals surface area contributed by atoms with Crippen molar-refractivity contribution in [2.75, 3.05) is 11.1 Å². The molecule has 2 heterocycles. The fourth-order valence-electron chi connectivity index (χ4n) is 1.11. The van der Waals surface area contributed by atoms with E-state index in [2.05, 4.69) is 15.5 Å². The van der Waals surface area contributed by atoms with E-state index < -0.39 is 0 Å². The van der Waals surface area contributed by atoms with Crippen molar-refractivity contribution in [1.82, 2.24) is 10.2 Å². The second-order valence-corrected chi connectivity index (χ2v) is 3.08. The molecule has 4 N–H and O–H groups in total. The Kier molecular flexibility index (Phi) is 2.17. The van der Waals surface area contributed by atoms with Gasteiger partial charge in [-0.2, -0.15) is 5.10 Å². The average molecular weight is 206 g/mol. The number of nitrogen functional groups attached to an aromatic ring is 1. The number of hydrogen-bond donors (Lipinski definition) is 3. The van der Waals surface area contributed by atoms with Gasteiger partial charge in [0.15, 0.2) is 5.82 Å². The Morgan fingerprint density at radius 2 is 2.47 bits per heavy atom. The molecule has 0 aromatic carbocycles. The van der Waals surface area contributed by atoms with E-state index in [-0.39, 0.29) is 5.91 Å². The first-order chi connectivity index (χ1) is 7.18. The highest BCUT2D eigenvalue weighted by molar-refractivity contribution is 6.04. The lowest BCUT2D eigenvalue weighted by atomic mass is 10.3. The van der Waals surface area contributed by atoms with Crippen LogP contribution >= 0.6 is 0 Å². The van der Waals surface area contributed by atoms with Gasteiger partial charge < -0.3 is 15.5 Å². The topological polar surface area (TPSA) is 96.9 Å². The van der Waals surface area contributed by atoms with Crippen LogP contribution in [0.25, 0.3) is 0 Å². The van der Waals surface area contributed by atoms with Gasteiger partial charge in [0.1, 0.15) is 6.26 Å². The van der Waals surface area contributed by atoms with Crippen molar-refractivity contribution in [1.29, 1.82) is 0 Å². The SMILES string of the molecule is Cc1[nH]nc(NC(=O)c2ccoc2)c1N. The molecule has 6 heteroatoms. The number of nitrogens with one attached hydrogen (secondary N) is 2. The number of carbonyl (C=O) groups excluding carboxylic acids is 1. The van der Waals surface area contributed by atoms with Gasteiger partial charge in [-0.3, -0.25) is 9.89 Å². The monoisotopic (exact) mass is 206 g/mol. The fourth-order valence-corrected chi connectivity index (χ4v) is 1.11. The summed E-state index contributed by atoms with van der Waals surface area (Å²) in [5.41, 5.74) is 7.26. The molecule has 0 saturated carbocycles. The van der Waals surface area contributed by atoms with Crippen LogP contribution in [0.5, 0.6) is 0 Å². The van der Waals surface area contributed by atoms with E-state index in [9.17, 15) is 4.79 Å². The molecular weight excluding hydrogens is 196 g/mol. The lowest BCUT2D eigenvalue weighted by Gasteiger charge is -1.99. The lowest BCUT2D eigenvalue weighted by molar-refractivity contribution is 0.102. The van der Waals surface area contributed by atoms with Gasteiger partial charge in [-0.15, -0.1) is 0 Å². The molecule has 0 saturated heterocycles. The van der Waals surface area contributed by atoms with Gasteiger partial charge in [0, 0.05) is 0 Å². The van der Waals surface area contributed by atoms with Crippen molar-refractivity contribution in [3.8, 4) is 0 Å². The first-order valence-electron chi connectivity index (χ1n) is 4.32. The van der Waals surface area contributed by atoms with Gasteiger partial charge in [0.2, 0.25) is 0 Å². The van der Waals surface area contributed by atoms with E-state index in [1.807, 2.05) is 0 Å². The van der Waals surface area contributed by atoms with Crippen molar-refractivity contribution < 1.29 is 9.21 Å². The first-order valence-corrected chi connectivity index (χ1v) is 4.32. The largest absolute Gasteiger partial charge is 0.472 e. The highest BCUT2D eigenvalue weighted by atomic mass is 16.3. The Morgan fingerprint density at radius 3 is 3.00 bits per heavy atom. The summed E-state index contributed by atoms with van der Waals surface area (Å²) in [5.74, 6) is 0.0284. The van der Waals surface area contributed by atoms with Gasteiger partial charge in [0.25, 0.3) is 5.91 Å². The number of rotatable bonds is 2. The molecule has 78 valence electrons. The molecule has 0 aliphatic carbocycles. The van der Waals surface area contributed by atoms with E-state index >= 15 is 0 Å². The fraction of sp³-hybridized carbons (Fsp3) is 0.111. The number of aryl methyl sites for hydroxylation is 1. The summed E-state index contributed by atoms with van der Waals surface area (Å²) in [6.07, 6.45) is 2.78. The van der Waals surface area contributed by atoms with Crippen molar-refractivity contribution in [3.05, 3.63) is 29.9 Å². The molecule has 0 aliphatic heterocycles. The summed E-state index contributed by atoms with van der Waals surface area (Å²) in [4.78, 5) is 11.6. The minimum Gasteiger partial charge on any atom is -0.472 e. The number of carbonyl (C=O) groups is 1. The maximum absolute atomic E-state index is 11.6. The normalized spacial score (nSPS) is 10.2. The van der Waals surface area contributed by atoms with E-state index in [1.54, 1.807) is 13.0 Å². The van der Waals surface area contributed by atoms with Crippen LogP contribution < -0.4 is 11.1 Å². The summed E-state index contributed by atoms with van der Waals surface area (Å²) >= 11 is 0. The molecule has 0 atom stereocenters. The molecule has 2 aromatic rings. The molecule has 1 amide bonds. The third-order valence-electron chi connectivity index (χ3n) is 2.01. The standard InChI is InChI=1S/C9H10N4O2/c1-5-7(10)8(13-12-5)11-9(14)6-2-3-15-4-6/h2-4H,10H2,1H3,(H2,11,12,13,14). The van der Waals surface area contributed by atoms with Gasteiger partial charge in [-0.05, 0) is 13.0 Å². The number of anilines is 2. The molecule has 2 aromatic heterocycles.